The van der Waals surface area contributed by atoms with E-state index in [-0.39, 0.29) is 24.6 Å². The number of anilines is 1. The van der Waals surface area contributed by atoms with Gasteiger partial charge in [0.25, 0.3) is 5.91 Å². The molecule has 0 radical (unpaired) electrons. The Morgan fingerprint density at radius 1 is 1.15 bits per heavy atom. The number of carbonyl (C=O) groups excluding carboxylic acids is 1. The van der Waals surface area contributed by atoms with Crippen LogP contribution in [0.1, 0.15) is 17.5 Å². The molecule has 1 unspecified atom stereocenters. The summed E-state index contributed by atoms with van der Waals surface area (Å²) < 4.78 is 32.8. The molecule has 0 aliphatic carbocycles. The molecule has 0 spiro atoms. The van der Waals surface area contributed by atoms with Crippen LogP contribution in [0.25, 0.3) is 0 Å². The first-order valence-corrected chi connectivity index (χ1v) is 10.1. The fraction of sp³-hybridized carbons (Fsp3) is 0.316. The van der Waals surface area contributed by atoms with Crippen LogP contribution in [0, 0.1) is 6.92 Å². The highest BCUT2D eigenvalue weighted by Crippen LogP contribution is 2.33. The first-order chi connectivity index (χ1) is 12.4. The molecule has 6 nitrogen and oxygen atoms in total. The fourth-order valence-electron chi connectivity index (χ4n) is 2.97. The standard InChI is InChI=1S/C19H22N2O4S/c1-14-6-5-7-15(12-14)13-26(23,24)20-11-10-18-19(22)21(2)16-8-3-4-9-17(16)25-18/h3-9,12,18,20H,10-11,13H2,1-2H3. The lowest BCUT2D eigenvalue weighted by molar-refractivity contribution is -0.126. The number of hydrogen-bond acceptors (Lipinski definition) is 4. The number of nitrogens with zero attached hydrogens (tertiary/aromatic N) is 1. The minimum absolute atomic E-state index is 0.0864. The average molecular weight is 374 g/mol. The molecule has 26 heavy (non-hydrogen) atoms. The summed E-state index contributed by atoms with van der Waals surface area (Å²) in [6.07, 6.45) is -0.429. The maximum absolute atomic E-state index is 12.4. The van der Waals surface area contributed by atoms with Crippen molar-refractivity contribution < 1.29 is 17.9 Å². The number of amides is 1. The zero-order valence-electron chi connectivity index (χ0n) is 14.8. The number of ether oxygens (including phenoxy) is 1. The molecule has 0 fully saturated rings. The van der Waals surface area contributed by atoms with Crippen molar-refractivity contribution in [1.82, 2.24) is 4.72 Å². The monoisotopic (exact) mass is 374 g/mol. The van der Waals surface area contributed by atoms with Gasteiger partial charge in [-0.15, -0.1) is 0 Å². The van der Waals surface area contributed by atoms with Crippen LogP contribution in [0.3, 0.4) is 0 Å². The topological polar surface area (TPSA) is 75.7 Å². The number of hydrogen-bond donors (Lipinski definition) is 1. The van der Waals surface area contributed by atoms with E-state index in [0.717, 1.165) is 11.1 Å². The average Bonchev–Trinajstić information content (AvgIpc) is 2.58. The quantitative estimate of drug-likeness (QED) is 0.841. The van der Waals surface area contributed by atoms with Crippen molar-refractivity contribution in [3.8, 4) is 5.75 Å². The smallest absolute Gasteiger partial charge is 0.267 e. The van der Waals surface area contributed by atoms with Crippen LogP contribution in [-0.2, 0) is 20.6 Å². The maximum Gasteiger partial charge on any atom is 0.267 e. The molecule has 1 heterocycles. The van der Waals surface area contributed by atoms with Gasteiger partial charge >= 0.3 is 0 Å². The predicted molar refractivity (Wildman–Crippen MR) is 101 cm³/mol. The van der Waals surface area contributed by atoms with E-state index >= 15 is 0 Å². The van der Waals surface area contributed by atoms with E-state index in [4.69, 9.17) is 4.74 Å². The highest BCUT2D eigenvalue weighted by atomic mass is 32.2. The summed E-state index contributed by atoms with van der Waals surface area (Å²) in [4.78, 5) is 13.9. The maximum atomic E-state index is 12.4. The molecule has 1 N–H and O–H groups in total. The van der Waals surface area contributed by atoms with E-state index in [0.29, 0.717) is 11.4 Å². The van der Waals surface area contributed by atoms with Gasteiger partial charge < -0.3 is 9.64 Å². The number of aryl methyl sites for hydroxylation is 1. The van der Waals surface area contributed by atoms with Crippen LogP contribution in [0.4, 0.5) is 5.69 Å². The summed E-state index contributed by atoms with van der Waals surface area (Å²) in [6, 6.07) is 14.7. The highest BCUT2D eigenvalue weighted by molar-refractivity contribution is 7.88. The summed E-state index contributed by atoms with van der Waals surface area (Å²) in [5, 5.41) is 0. The number of benzene rings is 2. The Labute approximate surface area is 153 Å². The van der Waals surface area contributed by atoms with Gasteiger partial charge in [-0.05, 0) is 24.6 Å². The van der Waals surface area contributed by atoms with Gasteiger partial charge in [-0.3, -0.25) is 4.79 Å². The number of carbonyl (C=O) groups is 1. The van der Waals surface area contributed by atoms with Crippen molar-refractivity contribution in [3.63, 3.8) is 0 Å². The molecule has 7 heteroatoms. The van der Waals surface area contributed by atoms with Crippen molar-refractivity contribution in [1.29, 1.82) is 0 Å². The van der Waals surface area contributed by atoms with Gasteiger partial charge in [-0.1, -0.05) is 42.0 Å². The number of para-hydroxylation sites is 2. The van der Waals surface area contributed by atoms with E-state index in [2.05, 4.69) is 4.72 Å². The van der Waals surface area contributed by atoms with Gasteiger partial charge in [0.2, 0.25) is 10.0 Å². The molecule has 3 rings (SSSR count). The SMILES string of the molecule is Cc1cccc(CS(=O)(=O)NCCC2Oc3ccccc3N(C)C2=O)c1. The fourth-order valence-corrected chi connectivity index (χ4v) is 4.12. The second-order valence-corrected chi connectivity index (χ2v) is 8.21. The van der Waals surface area contributed by atoms with Crippen molar-refractivity contribution >= 4 is 21.6 Å². The van der Waals surface area contributed by atoms with Gasteiger partial charge in [-0.2, -0.15) is 0 Å². The van der Waals surface area contributed by atoms with Crippen molar-refractivity contribution in [3.05, 3.63) is 59.7 Å². The number of likely N-dealkylation sites (N-methyl/N-ethyl adjacent to an activating group) is 1. The zero-order chi connectivity index (χ0) is 18.7. The number of fused-ring (bicyclic) bond motifs is 1. The third-order valence-electron chi connectivity index (χ3n) is 4.27. The Kier molecular flexibility index (Phi) is 5.29. The minimum atomic E-state index is -3.47. The molecule has 138 valence electrons. The van der Waals surface area contributed by atoms with Crippen LogP contribution in [-0.4, -0.2) is 34.0 Å². The van der Waals surface area contributed by atoms with Crippen LogP contribution >= 0.6 is 0 Å². The van der Waals surface area contributed by atoms with Crippen molar-refractivity contribution in [2.24, 2.45) is 0 Å². The lowest BCUT2D eigenvalue weighted by Gasteiger charge is -2.31. The van der Waals surface area contributed by atoms with Gasteiger partial charge in [0.15, 0.2) is 6.10 Å². The largest absolute Gasteiger partial charge is 0.478 e. The second kappa shape index (κ2) is 7.47. The third-order valence-corrected chi connectivity index (χ3v) is 5.63. The van der Waals surface area contributed by atoms with Crippen LogP contribution < -0.4 is 14.4 Å². The third kappa shape index (κ3) is 4.23. The Balaban J connectivity index is 1.58. The molecule has 2 aromatic rings. The van der Waals surface area contributed by atoms with E-state index in [9.17, 15) is 13.2 Å². The van der Waals surface area contributed by atoms with Gasteiger partial charge in [0, 0.05) is 20.0 Å². The summed E-state index contributed by atoms with van der Waals surface area (Å²) >= 11 is 0. The number of nitrogens with one attached hydrogen (secondary N) is 1. The summed E-state index contributed by atoms with van der Waals surface area (Å²) in [5.41, 5.74) is 2.46. The normalized spacial score (nSPS) is 16.9. The van der Waals surface area contributed by atoms with Gasteiger partial charge in [-0.25, -0.2) is 13.1 Å². The lowest BCUT2D eigenvalue weighted by atomic mass is 10.1. The molecule has 0 saturated heterocycles. The van der Waals surface area contributed by atoms with Crippen LogP contribution in [0.15, 0.2) is 48.5 Å². The predicted octanol–water partition coefficient (Wildman–Crippen LogP) is 2.23. The molecule has 1 aliphatic heterocycles. The number of sulfonamides is 1. The second-order valence-electron chi connectivity index (χ2n) is 6.40. The van der Waals surface area contributed by atoms with E-state index in [1.165, 1.54) is 0 Å². The van der Waals surface area contributed by atoms with Crippen LogP contribution in [0.2, 0.25) is 0 Å². The molecule has 1 amide bonds. The Hall–Kier alpha value is -2.38. The van der Waals surface area contributed by atoms with E-state index in [1.54, 1.807) is 24.1 Å². The van der Waals surface area contributed by atoms with Crippen LogP contribution in [0.5, 0.6) is 5.75 Å². The minimum Gasteiger partial charge on any atom is -0.478 e. The summed E-state index contributed by atoms with van der Waals surface area (Å²) in [5.74, 6) is 0.362. The molecule has 1 aliphatic rings. The van der Waals surface area contributed by atoms with Crippen molar-refractivity contribution in [2.75, 3.05) is 18.5 Å². The Bertz CT molecular complexity index is 911. The highest BCUT2D eigenvalue weighted by Gasteiger charge is 2.31. The van der Waals surface area contributed by atoms with Gasteiger partial charge in [0.05, 0.1) is 11.4 Å². The molecule has 0 bridgehead atoms. The first-order valence-electron chi connectivity index (χ1n) is 8.42. The molecular weight excluding hydrogens is 352 g/mol. The molecule has 0 saturated carbocycles. The molecular formula is C19H22N2O4S. The molecule has 1 atom stereocenters. The zero-order valence-corrected chi connectivity index (χ0v) is 15.6. The summed E-state index contributed by atoms with van der Waals surface area (Å²) in [7, 11) is -1.78. The Morgan fingerprint density at radius 2 is 1.92 bits per heavy atom. The Morgan fingerprint density at radius 3 is 2.69 bits per heavy atom. The first kappa shape index (κ1) is 18.4. The molecule has 2 aromatic carbocycles. The van der Waals surface area contributed by atoms with E-state index in [1.807, 2.05) is 43.3 Å². The van der Waals surface area contributed by atoms with Gasteiger partial charge in [0.1, 0.15) is 5.75 Å². The van der Waals surface area contributed by atoms with E-state index < -0.39 is 16.1 Å². The lowest BCUT2D eigenvalue weighted by Crippen LogP contribution is -2.45. The number of rotatable bonds is 6. The van der Waals surface area contributed by atoms with Crippen molar-refractivity contribution in [2.45, 2.75) is 25.2 Å². The molecule has 0 aromatic heterocycles. The summed E-state index contributed by atoms with van der Waals surface area (Å²) in [6.45, 7) is 2.06.